The summed E-state index contributed by atoms with van der Waals surface area (Å²) < 4.78 is 0. The Morgan fingerprint density at radius 1 is 0.543 bits per heavy atom. The van der Waals surface area contributed by atoms with E-state index in [4.69, 9.17) is 0 Å². The predicted octanol–water partition coefficient (Wildman–Crippen LogP) is 7.59. The Morgan fingerprint density at radius 2 is 0.914 bits per heavy atom. The molecular formula is C31H51O3P. The van der Waals surface area contributed by atoms with Gasteiger partial charge < -0.3 is 0 Å². The standard InChI is InChI=1S/C31H51O3P/c1-20-15-22(28(3,4)5)17-25(30(9,10)11)24(20)19-35(32,33,34)27-21(2)16-23(29(6,7)8)18-26(27)31(12,13)14/h15-18,32-34H,19H2,1-14H3. The molecule has 0 bridgehead atoms. The van der Waals surface area contributed by atoms with Crippen molar-refractivity contribution in [2.75, 3.05) is 0 Å². The summed E-state index contributed by atoms with van der Waals surface area (Å²) in [6, 6.07) is 8.40. The van der Waals surface area contributed by atoms with Crippen LogP contribution < -0.4 is 5.30 Å². The zero-order valence-corrected chi connectivity index (χ0v) is 25.7. The second kappa shape index (κ2) is 8.66. The van der Waals surface area contributed by atoms with Gasteiger partial charge in [-0.1, -0.05) is 0 Å². The molecule has 3 nitrogen and oxygen atoms in total. The zero-order valence-electron chi connectivity index (χ0n) is 24.8. The van der Waals surface area contributed by atoms with Gasteiger partial charge in [0.25, 0.3) is 0 Å². The molecule has 0 saturated carbocycles. The second-order valence-corrected chi connectivity index (χ2v) is 17.9. The summed E-state index contributed by atoms with van der Waals surface area (Å²) in [4.78, 5) is 35.7. The molecule has 0 saturated heterocycles. The molecule has 2 aromatic rings. The van der Waals surface area contributed by atoms with Gasteiger partial charge in [0.2, 0.25) is 0 Å². The monoisotopic (exact) mass is 502 g/mol. The predicted molar refractivity (Wildman–Crippen MR) is 154 cm³/mol. The Bertz CT molecular complexity index is 1110. The van der Waals surface area contributed by atoms with E-state index in [1.54, 1.807) is 0 Å². The first kappa shape index (κ1) is 30.0. The number of rotatable bonds is 3. The number of benzene rings is 2. The number of aryl methyl sites for hydroxylation is 2. The van der Waals surface area contributed by atoms with E-state index in [1.165, 1.54) is 5.56 Å². The van der Waals surface area contributed by atoms with Gasteiger partial charge in [0, 0.05) is 0 Å². The van der Waals surface area contributed by atoms with Crippen molar-refractivity contribution in [2.24, 2.45) is 0 Å². The van der Waals surface area contributed by atoms with Crippen LogP contribution >= 0.6 is 7.28 Å². The molecule has 0 spiro atoms. The molecule has 0 atom stereocenters. The van der Waals surface area contributed by atoms with E-state index < -0.39 is 7.28 Å². The summed E-state index contributed by atoms with van der Waals surface area (Å²) >= 11 is 0. The van der Waals surface area contributed by atoms with Crippen molar-refractivity contribution in [1.82, 2.24) is 0 Å². The summed E-state index contributed by atoms with van der Waals surface area (Å²) in [7, 11) is -5.31. The molecule has 0 fully saturated rings. The maximum atomic E-state index is 11.9. The summed E-state index contributed by atoms with van der Waals surface area (Å²) in [6.45, 7) is 29.6. The average molecular weight is 503 g/mol. The van der Waals surface area contributed by atoms with E-state index in [1.807, 2.05) is 19.9 Å². The Balaban J connectivity index is 2.90. The fourth-order valence-corrected chi connectivity index (χ4v) is 7.73. The fraction of sp³-hybridized carbons (Fsp3) is 0.613. The third kappa shape index (κ3) is 6.55. The molecule has 35 heavy (non-hydrogen) atoms. The van der Waals surface area contributed by atoms with Crippen molar-refractivity contribution in [3.63, 3.8) is 0 Å². The molecule has 0 amide bonds. The van der Waals surface area contributed by atoms with Crippen molar-refractivity contribution in [1.29, 1.82) is 0 Å². The van der Waals surface area contributed by atoms with Crippen molar-refractivity contribution in [2.45, 2.75) is 125 Å². The second-order valence-electron chi connectivity index (χ2n) is 14.8. The van der Waals surface area contributed by atoms with Gasteiger partial charge in [-0.05, 0) is 0 Å². The third-order valence-corrected chi connectivity index (χ3v) is 9.44. The molecule has 0 heterocycles. The van der Waals surface area contributed by atoms with Crippen LogP contribution in [0, 0.1) is 13.8 Å². The van der Waals surface area contributed by atoms with Crippen molar-refractivity contribution >= 4 is 12.6 Å². The van der Waals surface area contributed by atoms with Crippen LogP contribution in [0.4, 0.5) is 0 Å². The van der Waals surface area contributed by atoms with E-state index in [-0.39, 0.29) is 27.8 Å². The Kier molecular flexibility index (Phi) is 7.42. The van der Waals surface area contributed by atoms with Gasteiger partial charge in [-0.25, -0.2) is 0 Å². The summed E-state index contributed by atoms with van der Waals surface area (Å²) in [5.41, 5.74) is 5.98. The van der Waals surface area contributed by atoms with Crippen LogP contribution in [0.15, 0.2) is 24.3 Å². The van der Waals surface area contributed by atoms with Gasteiger partial charge in [-0.3, -0.25) is 0 Å². The quantitative estimate of drug-likeness (QED) is 0.379. The Labute approximate surface area is 215 Å². The molecular weight excluding hydrogens is 451 g/mol. The minimum absolute atomic E-state index is 0.0365. The zero-order chi connectivity index (χ0) is 27.6. The molecule has 0 radical (unpaired) electrons. The van der Waals surface area contributed by atoms with Gasteiger partial charge >= 0.3 is 215 Å². The molecule has 3 N–H and O–H groups in total. The van der Waals surface area contributed by atoms with Gasteiger partial charge in [0.15, 0.2) is 0 Å². The Hall–Kier alpha value is -1.25. The normalized spacial score (nSPS) is 15.2. The molecule has 0 aliphatic carbocycles. The minimum atomic E-state index is -5.31. The SMILES string of the molecule is Cc1cc(C(C)(C)C)cc(C(C)(C)C)c1CP(O)(O)(O)c1c(C)cc(C(C)(C)C)cc1C(C)(C)C. The van der Waals surface area contributed by atoms with Crippen molar-refractivity contribution < 1.29 is 14.7 Å². The Morgan fingerprint density at radius 3 is 1.29 bits per heavy atom. The summed E-state index contributed by atoms with van der Waals surface area (Å²) in [6.07, 6.45) is -0.187. The molecule has 4 heteroatoms. The molecule has 0 aliphatic rings. The van der Waals surface area contributed by atoms with Gasteiger partial charge in [-0.15, -0.1) is 0 Å². The van der Waals surface area contributed by atoms with Crippen LogP contribution in [0.25, 0.3) is 0 Å². The van der Waals surface area contributed by atoms with Crippen LogP contribution in [0.3, 0.4) is 0 Å². The maximum absolute atomic E-state index is 11.9. The van der Waals surface area contributed by atoms with E-state index in [0.29, 0.717) is 5.30 Å². The van der Waals surface area contributed by atoms with Crippen LogP contribution in [-0.2, 0) is 27.8 Å². The number of hydrogen-bond acceptors (Lipinski definition) is 3. The molecule has 0 unspecified atom stereocenters. The summed E-state index contributed by atoms with van der Waals surface area (Å²) in [5.74, 6) is 0. The average Bonchev–Trinajstić information content (AvgIpc) is 2.58. The molecule has 198 valence electrons. The van der Waals surface area contributed by atoms with Gasteiger partial charge in [0.1, 0.15) is 0 Å². The van der Waals surface area contributed by atoms with Crippen molar-refractivity contribution in [3.05, 3.63) is 63.2 Å². The topological polar surface area (TPSA) is 60.7 Å². The van der Waals surface area contributed by atoms with Gasteiger partial charge in [-0.2, -0.15) is 0 Å². The first-order chi connectivity index (χ1) is 15.2. The summed E-state index contributed by atoms with van der Waals surface area (Å²) in [5, 5.41) is 0.315. The van der Waals surface area contributed by atoms with E-state index in [9.17, 15) is 14.7 Å². The van der Waals surface area contributed by atoms with Crippen molar-refractivity contribution in [3.8, 4) is 0 Å². The van der Waals surface area contributed by atoms with Crippen LogP contribution in [0.2, 0.25) is 0 Å². The molecule has 2 aromatic carbocycles. The molecule has 0 aromatic heterocycles. The fourth-order valence-electron chi connectivity index (χ4n) is 4.89. The van der Waals surface area contributed by atoms with Gasteiger partial charge in [0.05, 0.1) is 0 Å². The van der Waals surface area contributed by atoms with E-state index >= 15 is 0 Å². The van der Waals surface area contributed by atoms with Crippen LogP contribution in [0.5, 0.6) is 0 Å². The van der Waals surface area contributed by atoms with Crippen LogP contribution in [-0.4, -0.2) is 14.7 Å². The van der Waals surface area contributed by atoms with E-state index in [0.717, 1.165) is 33.4 Å². The first-order valence-electron chi connectivity index (χ1n) is 12.8. The van der Waals surface area contributed by atoms with E-state index in [2.05, 4.69) is 101 Å². The number of hydrogen-bond donors (Lipinski definition) is 3. The molecule has 2 rings (SSSR count). The third-order valence-electron chi connectivity index (χ3n) is 7.03. The van der Waals surface area contributed by atoms with Crippen LogP contribution in [0.1, 0.15) is 122 Å². The molecule has 0 aliphatic heterocycles. The first-order valence-corrected chi connectivity index (χ1v) is 15.1.